The summed E-state index contributed by atoms with van der Waals surface area (Å²) < 4.78 is 23.8. The van der Waals surface area contributed by atoms with Gasteiger partial charge < -0.3 is 11.1 Å². The Hall–Kier alpha value is -1.23. The second kappa shape index (κ2) is 4.85. The van der Waals surface area contributed by atoms with E-state index in [2.05, 4.69) is 10.3 Å². The summed E-state index contributed by atoms with van der Waals surface area (Å²) in [4.78, 5) is 3.88. The highest BCUT2D eigenvalue weighted by Crippen LogP contribution is 2.16. The molecule has 1 aromatic heterocycles. The molecule has 3 nitrogen and oxygen atoms in total. The van der Waals surface area contributed by atoms with E-state index < -0.39 is 6.43 Å². The topological polar surface area (TPSA) is 50.9 Å². The highest BCUT2D eigenvalue weighted by Gasteiger charge is 2.10. The Kier molecular flexibility index (Phi) is 3.76. The summed E-state index contributed by atoms with van der Waals surface area (Å²) in [6, 6.07) is 3.29. The summed E-state index contributed by atoms with van der Waals surface area (Å²) in [6.45, 7) is 1.44. The van der Waals surface area contributed by atoms with Gasteiger partial charge in [-0.05, 0) is 13.0 Å². The molecule has 0 radical (unpaired) electrons. The lowest BCUT2D eigenvalue weighted by Crippen LogP contribution is -2.25. The molecule has 0 bridgehead atoms. The molecule has 0 unspecified atom stereocenters. The summed E-state index contributed by atoms with van der Waals surface area (Å²) in [5.74, 6) is 0.377. The molecule has 0 aliphatic carbocycles. The molecule has 0 aliphatic rings. The van der Waals surface area contributed by atoms with Crippen molar-refractivity contribution in [3.05, 3.63) is 23.9 Å². The lowest BCUT2D eigenvalue weighted by molar-refractivity contribution is 0.142. The van der Waals surface area contributed by atoms with E-state index >= 15 is 0 Å². The Balaban J connectivity index is 2.60. The van der Waals surface area contributed by atoms with Crippen molar-refractivity contribution >= 4 is 5.82 Å². The Morgan fingerprint density at radius 1 is 1.57 bits per heavy atom. The first-order valence-electron chi connectivity index (χ1n) is 4.33. The van der Waals surface area contributed by atoms with Gasteiger partial charge in [0.05, 0.1) is 6.54 Å². The average molecular weight is 201 g/mol. The van der Waals surface area contributed by atoms with Gasteiger partial charge in [-0.15, -0.1) is 0 Å². The largest absolute Gasteiger partial charge is 0.383 e. The van der Waals surface area contributed by atoms with Crippen LogP contribution in [0.3, 0.4) is 0 Å². The predicted octanol–water partition coefficient (Wildman–Crippen LogP) is 1.58. The molecule has 78 valence electrons. The van der Waals surface area contributed by atoms with Crippen molar-refractivity contribution in [1.29, 1.82) is 0 Å². The lowest BCUT2D eigenvalue weighted by atomic mass is 10.1. The molecule has 1 heterocycles. The second-order valence-electron chi connectivity index (χ2n) is 3.00. The van der Waals surface area contributed by atoms with Gasteiger partial charge in [0.25, 0.3) is 6.43 Å². The van der Waals surface area contributed by atoms with Crippen LogP contribution in [-0.4, -0.2) is 18.0 Å². The maximum atomic E-state index is 11.9. The van der Waals surface area contributed by atoms with Crippen molar-refractivity contribution < 1.29 is 8.78 Å². The molecule has 5 heteroatoms. The standard InChI is InChI=1S/C9H13F2N3/c1-6(14-5-8(10)11)7-3-2-4-13-9(7)12/h2-4,6,8,14H,5H2,1H3,(H2,12,13)/t6-/m1/s1. The van der Waals surface area contributed by atoms with Crippen molar-refractivity contribution in [3.63, 3.8) is 0 Å². The minimum atomic E-state index is -2.35. The maximum absolute atomic E-state index is 11.9. The summed E-state index contributed by atoms with van der Waals surface area (Å²) >= 11 is 0. The fourth-order valence-corrected chi connectivity index (χ4v) is 1.17. The SMILES string of the molecule is C[C@@H](NCC(F)F)c1cccnc1N. The minimum absolute atomic E-state index is 0.210. The lowest BCUT2D eigenvalue weighted by Gasteiger charge is -2.14. The molecule has 1 rings (SSSR count). The van der Waals surface area contributed by atoms with Crippen molar-refractivity contribution in [2.45, 2.75) is 19.4 Å². The number of nitrogens with two attached hydrogens (primary N) is 1. The zero-order valence-electron chi connectivity index (χ0n) is 7.87. The molecular weight excluding hydrogens is 188 g/mol. The van der Waals surface area contributed by atoms with Gasteiger partial charge in [-0.25, -0.2) is 13.8 Å². The van der Waals surface area contributed by atoms with E-state index in [0.717, 1.165) is 5.56 Å². The number of hydrogen-bond acceptors (Lipinski definition) is 3. The van der Waals surface area contributed by atoms with Crippen LogP contribution in [0.15, 0.2) is 18.3 Å². The van der Waals surface area contributed by atoms with Gasteiger partial charge in [-0.1, -0.05) is 6.07 Å². The summed E-state index contributed by atoms with van der Waals surface area (Å²) in [5.41, 5.74) is 6.33. The smallest absolute Gasteiger partial charge is 0.250 e. The Bertz CT molecular complexity index is 291. The van der Waals surface area contributed by atoms with Crippen LogP contribution in [0.2, 0.25) is 0 Å². The monoisotopic (exact) mass is 201 g/mol. The van der Waals surface area contributed by atoms with Gasteiger partial charge in [0.15, 0.2) is 0 Å². The van der Waals surface area contributed by atoms with E-state index in [-0.39, 0.29) is 12.6 Å². The Labute approximate surface area is 81.3 Å². The molecule has 0 saturated heterocycles. The van der Waals surface area contributed by atoms with Crippen LogP contribution >= 0.6 is 0 Å². The van der Waals surface area contributed by atoms with E-state index in [0.29, 0.717) is 5.82 Å². The van der Waals surface area contributed by atoms with Gasteiger partial charge in [-0.3, -0.25) is 0 Å². The number of nitrogens with one attached hydrogen (secondary N) is 1. The van der Waals surface area contributed by atoms with Crippen LogP contribution in [0.4, 0.5) is 14.6 Å². The third-order valence-electron chi connectivity index (χ3n) is 1.92. The van der Waals surface area contributed by atoms with Crippen molar-refractivity contribution in [2.24, 2.45) is 0 Å². The number of anilines is 1. The molecule has 0 aliphatic heterocycles. The highest BCUT2D eigenvalue weighted by atomic mass is 19.3. The Morgan fingerprint density at radius 2 is 2.29 bits per heavy atom. The van der Waals surface area contributed by atoms with Gasteiger partial charge in [0.1, 0.15) is 5.82 Å². The van der Waals surface area contributed by atoms with Gasteiger partial charge in [0.2, 0.25) is 0 Å². The number of pyridine rings is 1. The molecule has 0 spiro atoms. The highest BCUT2D eigenvalue weighted by molar-refractivity contribution is 5.40. The van der Waals surface area contributed by atoms with Crippen molar-refractivity contribution in [2.75, 3.05) is 12.3 Å². The summed E-state index contributed by atoms with van der Waals surface area (Å²) in [7, 11) is 0. The summed E-state index contributed by atoms with van der Waals surface area (Å²) in [5, 5.41) is 2.67. The van der Waals surface area contributed by atoms with E-state index in [1.165, 1.54) is 0 Å². The van der Waals surface area contributed by atoms with E-state index in [9.17, 15) is 8.78 Å². The molecule has 0 saturated carbocycles. The first-order valence-corrected chi connectivity index (χ1v) is 4.33. The van der Waals surface area contributed by atoms with Crippen LogP contribution in [0.25, 0.3) is 0 Å². The minimum Gasteiger partial charge on any atom is -0.383 e. The molecule has 3 N–H and O–H groups in total. The third kappa shape index (κ3) is 2.92. The molecule has 0 fully saturated rings. The van der Waals surface area contributed by atoms with Crippen LogP contribution in [0.5, 0.6) is 0 Å². The van der Waals surface area contributed by atoms with Crippen LogP contribution in [-0.2, 0) is 0 Å². The first-order chi connectivity index (χ1) is 6.61. The molecular formula is C9H13F2N3. The number of nitrogens with zero attached hydrogens (tertiary/aromatic N) is 1. The second-order valence-corrected chi connectivity index (χ2v) is 3.00. The third-order valence-corrected chi connectivity index (χ3v) is 1.92. The average Bonchev–Trinajstić information content (AvgIpc) is 2.15. The van der Waals surface area contributed by atoms with E-state index in [1.807, 2.05) is 0 Å². The van der Waals surface area contributed by atoms with Crippen LogP contribution in [0, 0.1) is 0 Å². The van der Waals surface area contributed by atoms with Crippen LogP contribution < -0.4 is 11.1 Å². The molecule has 14 heavy (non-hydrogen) atoms. The molecule has 0 amide bonds. The maximum Gasteiger partial charge on any atom is 0.250 e. The molecule has 1 atom stereocenters. The fourth-order valence-electron chi connectivity index (χ4n) is 1.17. The zero-order chi connectivity index (χ0) is 10.6. The number of hydrogen-bond donors (Lipinski definition) is 2. The number of rotatable bonds is 4. The van der Waals surface area contributed by atoms with Crippen molar-refractivity contribution in [1.82, 2.24) is 10.3 Å². The van der Waals surface area contributed by atoms with E-state index in [1.54, 1.807) is 25.3 Å². The fraction of sp³-hybridized carbons (Fsp3) is 0.444. The number of alkyl halides is 2. The van der Waals surface area contributed by atoms with Gasteiger partial charge in [0, 0.05) is 17.8 Å². The Morgan fingerprint density at radius 3 is 2.86 bits per heavy atom. The number of aromatic nitrogens is 1. The van der Waals surface area contributed by atoms with Gasteiger partial charge in [-0.2, -0.15) is 0 Å². The quantitative estimate of drug-likeness (QED) is 0.777. The first kappa shape index (κ1) is 10.8. The van der Waals surface area contributed by atoms with Crippen molar-refractivity contribution in [3.8, 4) is 0 Å². The summed E-state index contributed by atoms with van der Waals surface area (Å²) in [6.07, 6.45) is -0.783. The van der Waals surface area contributed by atoms with E-state index in [4.69, 9.17) is 5.73 Å². The normalized spacial score (nSPS) is 13.1. The zero-order valence-corrected chi connectivity index (χ0v) is 7.87. The van der Waals surface area contributed by atoms with Gasteiger partial charge >= 0.3 is 0 Å². The molecule has 1 aromatic rings. The molecule has 0 aromatic carbocycles. The number of halogens is 2. The predicted molar refractivity (Wildman–Crippen MR) is 51.1 cm³/mol. The number of nitrogen functional groups attached to an aromatic ring is 1. The van der Waals surface area contributed by atoms with Crippen LogP contribution in [0.1, 0.15) is 18.5 Å².